The second-order valence-corrected chi connectivity index (χ2v) is 30.0. The minimum atomic E-state index is -4.67. The maximum Gasteiger partial charge on any atom is 0.450 e. The molecule has 7 heteroatoms. The van der Waals surface area contributed by atoms with Crippen LogP contribution in [0.4, 0.5) is 13.2 Å². The molecular formula is C68H112F3N3O. The minimum Gasteiger partial charge on any atom is -0.294 e. The predicted molar refractivity (Wildman–Crippen MR) is 301 cm³/mol. The molecule has 12 fully saturated rings. The number of ketones is 1. The van der Waals surface area contributed by atoms with Crippen LogP contribution in [-0.4, -0.2) is 81.0 Å². The number of hydrogen-bond acceptors (Lipinski definition) is 4. The number of hydrogen-bond donors (Lipinski definition) is 0. The molecule has 11 aliphatic carbocycles. The number of nitrogens with zero attached hydrogens (tertiary/aromatic N) is 3. The van der Waals surface area contributed by atoms with Crippen molar-refractivity contribution in [3.05, 3.63) is 0 Å². The smallest absolute Gasteiger partial charge is 0.294 e. The molecule has 4 nitrogen and oxygen atoms in total. The topological polar surface area (TPSA) is 26.8 Å². The molecule has 0 spiro atoms. The average molecular weight is 1040 g/mol. The highest BCUT2D eigenvalue weighted by Crippen LogP contribution is 2.58. The predicted octanol–water partition coefficient (Wildman–Crippen LogP) is 18.2. The van der Waals surface area contributed by atoms with Gasteiger partial charge in [0.15, 0.2) is 0 Å². The Morgan fingerprint density at radius 1 is 0.307 bits per heavy atom. The second-order valence-electron chi connectivity index (χ2n) is 30.0. The first kappa shape index (κ1) is 54.9. The summed E-state index contributed by atoms with van der Waals surface area (Å²) in [5.74, 6) is 6.54. The highest BCUT2D eigenvalue weighted by Gasteiger charge is 2.56. The van der Waals surface area contributed by atoms with Crippen molar-refractivity contribution >= 4 is 5.78 Å². The quantitative estimate of drug-likeness (QED) is 0.195. The fourth-order valence-corrected chi connectivity index (χ4v) is 22.8. The van der Waals surface area contributed by atoms with Crippen LogP contribution in [0.25, 0.3) is 0 Å². The Morgan fingerprint density at radius 3 is 0.907 bits per heavy atom. The van der Waals surface area contributed by atoms with Crippen molar-refractivity contribution in [2.24, 2.45) is 65.1 Å². The van der Waals surface area contributed by atoms with E-state index in [1.165, 1.54) is 257 Å². The summed E-state index contributed by atoms with van der Waals surface area (Å²) in [6, 6.07) is 7.83. The third kappa shape index (κ3) is 12.4. The zero-order chi connectivity index (χ0) is 50.9. The molecule has 0 radical (unpaired) electrons. The van der Waals surface area contributed by atoms with Crippen molar-refractivity contribution in [1.82, 2.24) is 14.7 Å². The normalized spacial score (nSPS) is 43.1. The van der Waals surface area contributed by atoms with E-state index in [2.05, 4.69) is 14.7 Å². The van der Waals surface area contributed by atoms with Gasteiger partial charge in [-0.15, -0.1) is 0 Å². The van der Waals surface area contributed by atoms with E-state index in [1.54, 1.807) is 12.8 Å². The van der Waals surface area contributed by atoms with Gasteiger partial charge in [0, 0.05) is 60.3 Å². The largest absolute Gasteiger partial charge is 0.450 e. The maximum atomic E-state index is 13.2. The van der Waals surface area contributed by atoms with E-state index < -0.39 is 17.9 Å². The molecule has 0 bridgehead atoms. The van der Waals surface area contributed by atoms with Gasteiger partial charge in [0.1, 0.15) is 0 Å². The summed E-state index contributed by atoms with van der Waals surface area (Å²) in [6.07, 6.45) is 59.8. The third-order valence-electron chi connectivity index (χ3n) is 26.5. The molecule has 1 heterocycles. The number of carbonyl (C=O) groups is 1. The summed E-state index contributed by atoms with van der Waals surface area (Å²) in [4.78, 5) is 21.8. The molecule has 1 aliphatic heterocycles. The first-order valence-electron chi connectivity index (χ1n) is 34.7. The maximum absolute atomic E-state index is 13.2. The highest BCUT2D eigenvalue weighted by atomic mass is 19.4. The van der Waals surface area contributed by atoms with Crippen LogP contribution < -0.4 is 0 Å². The lowest BCUT2D eigenvalue weighted by atomic mass is 9.62. The lowest BCUT2D eigenvalue weighted by Gasteiger charge is -2.50. The summed E-state index contributed by atoms with van der Waals surface area (Å²) in [6.45, 7) is 0. The molecule has 0 aromatic rings. The van der Waals surface area contributed by atoms with Gasteiger partial charge in [0.2, 0.25) is 5.78 Å². The average Bonchev–Trinajstić information content (AvgIpc) is 3.82. The Kier molecular flexibility index (Phi) is 18.5. The standard InChI is InChI=1S/C68H112F3N3O/c69-68(70,71)67(75)53-27-25-49(26-28-53)47-21-23-48(24-22-47)50-29-41-62(42-30-50)74-65-43-35-54(51-31-37-60(38-32-51)72(56-13-5-1-6-14-56)57-15-7-2-8-16-57)45-63(65)64-46-55(36-44-66(64)74)52-33-39-61(40-34-52)73(58-17-9-3-10-18-58)59-19-11-4-12-20-59/h47-66H,1-46H2. The van der Waals surface area contributed by atoms with Gasteiger partial charge in [0.05, 0.1) is 0 Å². The van der Waals surface area contributed by atoms with Crippen molar-refractivity contribution in [3.8, 4) is 0 Å². The zero-order valence-electron chi connectivity index (χ0n) is 48.0. The molecule has 0 aromatic carbocycles. The van der Waals surface area contributed by atoms with Crippen LogP contribution in [-0.2, 0) is 4.79 Å². The molecule has 426 valence electrons. The fraction of sp³-hybridized carbons (Fsp3) is 0.985. The van der Waals surface area contributed by atoms with Crippen LogP contribution in [0.3, 0.4) is 0 Å². The lowest BCUT2D eigenvalue weighted by Crippen LogP contribution is -2.52. The Balaban J connectivity index is 0.686. The van der Waals surface area contributed by atoms with E-state index in [-0.39, 0.29) is 0 Å². The monoisotopic (exact) mass is 1040 g/mol. The third-order valence-corrected chi connectivity index (χ3v) is 26.5. The molecule has 0 N–H and O–H groups in total. The van der Waals surface area contributed by atoms with Crippen molar-refractivity contribution in [3.63, 3.8) is 0 Å². The van der Waals surface area contributed by atoms with E-state index in [0.29, 0.717) is 24.7 Å². The van der Waals surface area contributed by atoms with Crippen LogP contribution in [0.2, 0.25) is 0 Å². The van der Waals surface area contributed by atoms with E-state index in [4.69, 9.17) is 0 Å². The van der Waals surface area contributed by atoms with Crippen LogP contribution in [0, 0.1) is 65.1 Å². The van der Waals surface area contributed by atoms with Gasteiger partial charge in [-0.3, -0.25) is 19.5 Å². The number of rotatable bonds is 12. The number of carbonyl (C=O) groups excluding carboxylic acids is 1. The van der Waals surface area contributed by atoms with Gasteiger partial charge in [-0.2, -0.15) is 13.2 Å². The zero-order valence-corrected chi connectivity index (χ0v) is 48.0. The summed E-state index contributed by atoms with van der Waals surface area (Å²) >= 11 is 0. The Bertz CT molecular complexity index is 1620. The highest BCUT2D eigenvalue weighted by molar-refractivity contribution is 5.86. The first-order chi connectivity index (χ1) is 36.7. The van der Waals surface area contributed by atoms with Gasteiger partial charge in [-0.1, -0.05) is 77.0 Å². The molecule has 0 amide bonds. The van der Waals surface area contributed by atoms with Crippen LogP contribution >= 0.6 is 0 Å². The van der Waals surface area contributed by atoms with Gasteiger partial charge >= 0.3 is 6.18 Å². The first-order valence-corrected chi connectivity index (χ1v) is 34.7. The van der Waals surface area contributed by atoms with Gasteiger partial charge in [-0.25, -0.2) is 0 Å². The molecule has 6 unspecified atom stereocenters. The van der Waals surface area contributed by atoms with Crippen LogP contribution in [0.15, 0.2) is 0 Å². The fourth-order valence-electron chi connectivity index (χ4n) is 22.8. The minimum absolute atomic E-state index is 0.454. The lowest BCUT2D eigenvalue weighted by molar-refractivity contribution is -0.177. The number of Topliss-reactive ketones (excluding diaryl/α,β-unsaturated/α-hetero) is 1. The summed E-state index contributed by atoms with van der Waals surface area (Å²) in [7, 11) is 0. The van der Waals surface area contributed by atoms with E-state index in [1.807, 2.05) is 0 Å². The summed E-state index contributed by atoms with van der Waals surface area (Å²) in [5.41, 5.74) is 0. The SMILES string of the molecule is O=C(C1CCC(C2CCC(C3CCC(N4C5CCC(C6CCC(N(C7CCCCC7)C7CCCCC7)CC6)CC5C5CC(C6CCC(N(C7CCCCC7)C7CCCCC7)CC6)CCC54)CC3)CC2)CC1)C(F)(F)F. The second kappa shape index (κ2) is 25.2. The molecule has 6 atom stereocenters. The van der Waals surface area contributed by atoms with Crippen LogP contribution in [0.1, 0.15) is 295 Å². The Morgan fingerprint density at radius 2 is 0.573 bits per heavy atom. The summed E-state index contributed by atoms with van der Waals surface area (Å²) < 4.78 is 39.6. The van der Waals surface area contributed by atoms with Crippen molar-refractivity contribution < 1.29 is 18.0 Å². The number of halogens is 3. The summed E-state index contributed by atoms with van der Waals surface area (Å²) in [5, 5.41) is 0. The molecule has 12 aliphatic rings. The Labute approximate surface area is 457 Å². The molecule has 1 saturated heterocycles. The van der Waals surface area contributed by atoms with Crippen molar-refractivity contribution in [2.45, 2.75) is 356 Å². The molecule has 12 rings (SSSR count). The Hall–Kier alpha value is -0.660. The molecule has 0 aromatic heterocycles. The van der Waals surface area contributed by atoms with Crippen molar-refractivity contribution in [1.29, 1.82) is 0 Å². The molecule has 11 saturated carbocycles. The number of fused-ring (bicyclic) bond motifs is 3. The molecule has 75 heavy (non-hydrogen) atoms. The van der Waals surface area contributed by atoms with Gasteiger partial charge < -0.3 is 0 Å². The van der Waals surface area contributed by atoms with Crippen LogP contribution in [0.5, 0.6) is 0 Å². The number of alkyl halides is 3. The van der Waals surface area contributed by atoms with Crippen molar-refractivity contribution in [2.75, 3.05) is 0 Å². The molecular weight excluding hydrogens is 932 g/mol. The van der Waals surface area contributed by atoms with Gasteiger partial charge in [-0.05, 0) is 277 Å². The number of likely N-dealkylation sites (tertiary alicyclic amines) is 1. The van der Waals surface area contributed by atoms with E-state index in [0.717, 1.165) is 115 Å². The van der Waals surface area contributed by atoms with Gasteiger partial charge in [0.25, 0.3) is 0 Å². The van der Waals surface area contributed by atoms with E-state index in [9.17, 15) is 18.0 Å². The van der Waals surface area contributed by atoms with E-state index >= 15 is 0 Å².